The van der Waals surface area contributed by atoms with E-state index in [4.69, 9.17) is 0 Å². The third-order valence-corrected chi connectivity index (χ3v) is 4.37. The molecule has 0 bridgehead atoms. The molecule has 0 atom stereocenters. The zero-order chi connectivity index (χ0) is 14.0. The highest BCUT2D eigenvalue weighted by atomic mass is 79.9. The third kappa shape index (κ3) is 3.28. The Labute approximate surface area is 122 Å². The molecular weight excluding hydrogens is 334 g/mol. The van der Waals surface area contributed by atoms with Crippen molar-refractivity contribution in [3.05, 3.63) is 55.7 Å². The zero-order valence-electron chi connectivity index (χ0n) is 10.2. The lowest BCUT2D eigenvalue weighted by molar-refractivity contribution is 0.0985. The van der Waals surface area contributed by atoms with Crippen molar-refractivity contribution >= 4 is 33.0 Å². The van der Waals surface area contributed by atoms with Crippen molar-refractivity contribution in [1.82, 2.24) is 0 Å². The average molecular weight is 345 g/mol. The van der Waals surface area contributed by atoms with Gasteiger partial charge < -0.3 is 0 Å². The standard InChI is InChI=1S/C14H11BrF2OS/c1-2-9-3-4-10(19-9)7-13(18)14-11(16)5-8(15)6-12(14)17/h3-6H,2,7H2,1H3. The molecule has 0 saturated heterocycles. The minimum absolute atomic E-state index is 0.0279. The van der Waals surface area contributed by atoms with Crippen LogP contribution in [-0.2, 0) is 12.8 Å². The molecule has 100 valence electrons. The van der Waals surface area contributed by atoms with Gasteiger partial charge in [-0.25, -0.2) is 8.78 Å². The SMILES string of the molecule is CCc1ccc(CC(=O)c2c(F)cc(Br)cc2F)s1. The van der Waals surface area contributed by atoms with Gasteiger partial charge >= 0.3 is 0 Å². The van der Waals surface area contributed by atoms with Gasteiger partial charge in [0.1, 0.15) is 11.6 Å². The summed E-state index contributed by atoms with van der Waals surface area (Å²) in [6.07, 6.45) is 0.917. The first-order chi connectivity index (χ1) is 9.01. The fraction of sp³-hybridized carbons (Fsp3) is 0.214. The number of hydrogen-bond acceptors (Lipinski definition) is 2. The van der Waals surface area contributed by atoms with Crippen LogP contribution in [0.15, 0.2) is 28.7 Å². The highest BCUT2D eigenvalue weighted by molar-refractivity contribution is 9.10. The summed E-state index contributed by atoms with van der Waals surface area (Å²) in [6.45, 7) is 2.02. The molecule has 2 aromatic rings. The third-order valence-electron chi connectivity index (χ3n) is 2.69. The van der Waals surface area contributed by atoms with Gasteiger partial charge in [-0.2, -0.15) is 0 Å². The average Bonchev–Trinajstić information content (AvgIpc) is 2.75. The fourth-order valence-electron chi connectivity index (χ4n) is 1.76. The number of halogens is 3. The Bertz CT molecular complexity index is 599. The van der Waals surface area contributed by atoms with Crippen LogP contribution < -0.4 is 0 Å². The second kappa shape index (κ2) is 5.92. The predicted octanol–water partition coefficient (Wildman–Crippen LogP) is 4.78. The molecule has 0 aliphatic rings. The van der Waals surface area contributed by atoms with E-state index in [9.17, 15) is 13.6 Å². The lowest BCUT2D eigenvalue weighted by atomic mass is 10.1. The Morgan fingerprint density at radius 2 is 1.79 bits per heavy atom. The Morgan fingerprint density at radius 3 is 2.32 bits per heavy atom. The van der Waals surface area contributed by atoms with E-state index in [0.717, 1.165) is 28.3 Å². The highest BCUT2D eigenvalue weighted by Crippen LogP contribution is 2.23. The summed E-state index contributed by atoms with van der Waals surface area (Å²) in [5.41, 5.74) is -0.463. The van der Waals surface area contributed by atoms with E-state index in [1.165, 1.54) is 11.3 Å². The van der Waals surface area contributed by atoms with Crippen LogP contribution in [0.3, 0.4) is 0 Å². The summed E-state index contributed by atoms with van der Waals surface area (Å²) in [5, 5.41) is 0. The van der Waals surface area contributed by atoms with Crippen molar-refractivity contribution in [3.63, 3.8) is 0 Å². The van der Waals surface area contributed by atoms with E-state index >= 15 is 0 Å². The molecule has 0 aliphatic carbocycles. The van der Waals surface area contributed by atoms with Crippen LogP contribution in [0.5, 0.6) is 0 Å². The van der Waals surface area contributed by atoms with E-state index in [1.54, 1.807) is 0 Å². The normalized spacial score (nSPS) is 10.7. The number of Topliss-reactive ketones (excluding diaryl/α,β-unsaturated/α-hetero) is 1. The molecule has 0 amide bonds. The van der Waals surface area contributed by atoms with Gasteiger partial charge in [-0.15, -0.1) is 11.3 Å². The van der Waals surface area contributed by atoms with Crippen LogP contribution in [0.4, 0.5) is 8.78 Å². The Kier molecular flexibility index (Phi) is 4.47. The molecule has 0 fully saturated rings. The smallest absolute Gasteiger partial charge is 0.173 e. The van der Waals surface area contributed by atoms with Gasteiger partial charge in [0.25, 0.3) is 0 Å². The van der Waals surface area contributed by atoms with Gasteiger partial charge in [-0.3, -0.25) is 4.79 Å². The molecule has 0 unspecified atom stereocenters. The topological polar surface area (TPSA) is 17.1 Å². The highest BCUT2D eigenvalue weighted by Gasteiger charge is 2.19. The fourth-order valence-corrected chi connectivity index (χ4v) is 3.12. The molecule has 0 N–H and O–H groups in total. The quantitative estimate of drug-likeness (QED) is 0.729. The van der Waals surface area contributed by atoms with Crippen LogP contribution in [-0.4, -0.2) is 5.78 Å². The van der Waals surface area contributed by atoms with Gasteiger partial charge in [0.15, 0.2) is 5.78 Å². The molecule has 19 heavy (non-hydrogen) atoms. The van der Waals surface area contributed by atoms with Crippen molar-refractivity contribution in [2.45, 2.75) is 19.8 Å². The van der Waals surface area contributed by atoms with Gasteiger partial charge in [0.05, 0.1) is 5.56 Å². The molecule has 1 aromatic heterocycles. The maximum Gasteiger partial charge on any atom is 0.173 e. The molecule has 0 aliphatic heterocycles. The molecular formula is C14H11BrF2OS. The summed E-state index contributed by atoms with van der Waals surface area (Å²) in [4.78, 5) is 14.0. The first-order valence-electron chi connectivity index (χ1n) is 5.76. The maximum atomic E-state index is 13.6. The molecule has 1 nitrogen and oxygen atoms in total. The number of ketones is 1. The summed E-state index contributed by atoms with van der Waals surface area (Å²) < 4.78 is 27.6. The van der Waals surface area contributed by atoms with Crippen LogP contribution in [0.25, 0.3) is 0 Å². The van der Waals surface area contributed by atoms with Crippen LogP contribution in [0, 0.1) is 11.6 Å². The summed E-state index contributed by atoms with van der Waals surface area (Å²) in [7, 11) is 0. The van der Waals surface area contributed by atoms with Crippen LogP contribution in [0.1, 0.15) is 27.0 Å². The number of benzene rings is 1. The predicted molar refractivity (Wildman–Crippen MR) is 75.8 cm³/mol. The van der Waals surface area contributed by atoms with Crippen molar-refractivity contribution in [3.8, 4) is 0 Å². The Morgan fingerprint density at radius 1 is 1.21 bits per heavy atom. The molecule has 1 heterocycles. The minimum Gasteiger partial charge on any atom is -0.294 e. The van der Waals surface area contributed by atoms with E-state index in [0.29, 0.717) is 0 Å². The monoisotopic (exact) mass is 344 g/mol. The lowest BCUT2D eigenvalue weighted by Crippen LogP contribution is -2.08. The van der Waals surface area contributed by atoms with Crippen molar-refractivity contribution in [2.24, 2.45) is 0 Å². The Hall–Kier alpha value is -1.07. The molecule has 2 rings (SSSR count). The summed E-state index contributed by atoms with van der Waals surface area (Å²) in [5.74, 6) is -2.19. The van der Waals surface area contributed by atoms with Gasteiger partial charge in [-0.1, -0.05) is 22.9 Å². The second-order valence-corrected chi connectivity index (χ2v) is 6.23. The Balaban J connectivity index is 2.25. The number of rotatable bonds is 4. The zero-order valence-corrected chi connectivity index (χ0v) is 12.6. The maximum absolute atomic E-state index is 13.6. The van der Waals surface area contributed by atoms with Crippen LogP contribution >= 0.6 is 27.3 Å². The minimum atomic E-state index is -0.829. The summed E-state index contributed by atoms with van der Waals surface area (Å²) in [6, 6.07) is 5.96. The van der Waals surface area contributed by atoms with Gasteiger partial charge in [0.2, 0.25) is 0 Å². The van der Waals surface area contributed by atoms with E-state index in [2.05, 4.69) is 15.9 Å². The first-order valence-corrected chi connectivity index (χ1v) is 7.37. The number of carbonyl (C=O) groups excluding carboxylic acids is 1. The van der Waals surface area contributed by atoms with E-state index in [-0.39, 0.29) is 10.9 Å². The molecule has 1 aromatic carbocycles. The number of thiophene rings is 1. The first kappa shape index (κ1) is 14.3. The van der Waals surface area contributed by atoms with E-state index < -0.39 is 23.0 Å². The van der Waals surface area contributed by atoms with Crippen molar-refractivity contribution in [2.75, 3.05) is 0 Å². The molecule has 0 radical (unpaired) electrons. The van der Waals surface area contributed by atoms with Crippen LogP contribution in [0.2, 0.25) is 0 Å². The van der Waals surface area contributed by atoms with Crippen molar-refractivity contribution < 1.29 is 13.6 Å². The van der Waals surface area contributed by atoms with Gasteiger partial charge in [0, 0.05) is 20.6 Å². The lowest BCUT2D eigenvalue weighted by Gasteiger charge is -2.04. The molecule has 5 heteroatoms. The number of carbonyl (C=O) groups is 1. The van der Waals surface area contributed by atoms with Gasteiger partial charge in [-0.05, 0) is 30.7 Å². The molecule has 0 spiro atoms. The second-order valence-electron chi connectivity index (χ2n) is 4.07. The van der Waals surface area contributed by atoms with Crippen molar-refractivity contribution in [1.29, 1.82) is 0 Å². The largest absolute Gasteiger partial charge is 0.294 e. The summed E-state index contributed by atoms with van der Waals surface area (Å²) >= 11 is 4.48. The molecule has 0 saturated carbocycles. The number of aryl methyl sites for hydroxylation is 1. The number of hydrogen-bond donors (Lipinski definition) is 0. The van der Waals surface area contributed by atoms with E-state index in [1.807, 2.05) is 19.1 Å².